The van der Waals surface area contributed by atoms with Crippen LogP contribution in [-0.2, 0) is 11.3 Å². The highest BCUT2D eigenvalue weighted by Gasteiger charge is 2.40. The van der Waals surface area contributed by atoms with Crippen LogP contribution in [0.5, 0.6) is 0 Å². The molecule has 2 atom stereocenters. The summed E-state index contributed by atoms with van der Waals surface area (Å²) in [6.45, 7) is 0.587. The predicted octanol–water partition coefficient (Wildman–Crippen LogP) is 4.11. The molecule has 0 radical (unpaired) electrons. The van der Waals surface area contributed by atoms with Crippen LogP contribution in [0.3, 0.4) is 0 Å². The molecule has 2 aromatic rings. The van der Waals surface area contributed by atoms with Gasteiger partial charge in [-0.3, -0.25) is 10.1 Å². The van der Waals surface area contributed by atoms with E-state index in [-0.39, 0.29) is 24.0 Å². The van der Waals surface area contributed by atoms with Gasteiger partial charge in [0.15, 0.2) is 0 Å². The number of nitro groups is 1. The monoisotopic (exact) mass is 374 g/mol. The number of benzene rings is 2. The fourth-order valence-electron chi connectivity index (χ4n) is 3.25. The minimum atomic E-state index is -0.883. The maximum atomic E-state index is 12.3. The van der Waals surface area contributed by atoms with E-state index in [1.165, 1.54) is 4.90 Å². The van der Waals surface area contributed by atoms with Crippen LogP contribution in [0.1, 0.15) is 23.5 Å². The summed E-state index contributed by atoms with van der Waals surface area (Å²) in [6, 6.07) is 15.6. The third-order valence-electron chi connectivity index (χ3n) is 4.59. The Labute approximate surface area is 156 Å². The van der Waals surface area contributed by atoms with Crippen LogP contribution in [0.4, 0.5) is 4.79 Å². The van der Waals surface area contributed by atoms with E-state index in [2.05, 4.69) is 0 Å². The fourth-order valence-corrected chi connectivity index (χ4v) is 3.45. The Bertz CT molecular complexity index is 784. The third kappa shape index (κ3) is 4.32. The molecule has 0 aliphatic carbocycles. The second-order valence-electron chi connectivity index (χ2n) is 6.29. The van der Waals surface area contributed by atoms with Crippen LogP contribution in [-0.4, -0.2) is 35.0 Å². The number of ether oxygens (including phenoxy) is 1. The Morgan fingerprint density at radius 1 is 1.23 bits per heavy atom. The zero-order valence-corrected chi connectivity index (χ0v) is 14.8. The Morgan fingerprint density at radius 3 is 2.69 bits per heavy atom. The quantitative estimate of drug-likeness (QED) is 0.596. The van der Waals surface area contributed by atoms with Crippen molar-refractivity contribution >= 4 is 17.7 Å². The highest BCUT2D eigenvalue weighted by molar-refractivity contribution is 6.30. The lowest BCUT2D eigenvalue weighted by Gasteiger charge is -2.33. The van der Waals surface area contributed by atoms with Gasteiger partial charge in [-0.2, -0.15) is 0 Å². The third-order valence-corrected chi connectivity index (χ3v) is 4.83. The number of nitrogens with zero attached hydrogens (tertiary/aromatic N) is 2. The van der Waals surface area contributed by atoms with Gasteiger partial charge in [-0.25, -0.2) is 4.79 Å². The Balaban J connectivity index is 1.65. The van der Waals surface area contributed by atoms with Crippen LogP contribution in [0, 0.1) is 10.1 Å². The number of likely N-dealkylation sites (tertiary alicyclic amines) is 1. The first-order valence-corrected chi connectivity index (χ1v) is 8.77. The second kappa shape index (κ2) is 8.19. The lowest BCUT2D eigenvalue weighted by molar-refractivity contribution is -0.529. The molecule has 0 saturated carbocycles. The number of amides is 1. The largest absolute Gasteiger partial charge is 0.445 e. The van der Waals surface area contributed by atoms with E-state index in [0.29, 0.717) is 18.0 Å². The lowest BCUT2D eigenvalue weighted by Crippen LogP contribution is -2.49. The highest BCUT2D eigenvalue weighted by Crippen LogP contribution is 2.31. The number of hydrogen-bond donors (Lipinski definition) is 0. The molecule has 0 spiro atoms. The molecule has 2 aromatic carbocycles. The van der Waals surface area contributed by atoms with Crippen LogP contribution < -0.4 is 0 Å². The van der Waals surface area contributed by atoms with Gasteiger partial charge in [-0.15, -0.1) is 0 Å². The van der Waals surface area contributed by atoms with Crippen molar-refractivity contribution in [2.24, 2.45) is 0 Å². The van der Waals surface area contributed by atoms with Gasteiger partial charge in [0.25, 0.3) is 0 Å². The van der Waals surface area contributed by atoms with E-state index in [0.717, 1.165) is 11.1 Å². The molecule has 1 heterocycles. The normalized spacial score (nSPS) is 19.8. The summed E-state index contributed by atoms with van der Waals surface area (Å²) in [5.41, 5.74) is 1.71. The molecule has 1 fully saturated rings. The topological polar surface area (TPSA) is 72.7 Å². The Hall–Kier alpha value is -2.60. The highest BCUT2D eigenvalue weighted by atomic mass is 35.5. The van der Waals surface area contributed by atoms with Crippen molar-refractivity contribution in [3.8, 4) is 0 Å². The Morgan fingerprint density at radius 2 is 2.00 bits per heavy atom. The van der Waals surface area contributed by atoms with Gasteiger partial charge >= 0.3 is 6.09 Å². The van der Waals surface area contributed by atoms with Crippen molar-refractivity contribution in [3.05, 3.63) is 80.9 Å². The van der Waals surface area contributed by atoms with Crippen molar-refractivity contribution in [2.45, 2.75) is 25.0 Å². The number of halogens is 1. The molecule has 26 heavy (non-hydrogen) atoms. The molecule has 6 nitrogen and oxygen atoms in total. The van der Waals surface area contributed by atoms with Gasteiger partial charge < -0.3 is 9.64 Å². The Kier molecular flexibility index (Phi) is 5.73. The van der Waals surface area contributed by atoms with Gasteiger partial charge in [0.05, 0.1) is 12.5 Å². The number of carbonyl (C=O) groups is 1. The zero-order chi connectivity index (χ0) is 18.5. The summed E-state index contributed by atoms with van der Waals surface area (Å²) >= 11 is 6.02. The number of piperidine rings is 1. The molecule has 7 heteroatoms. The summed E-state index contributed by atoms with van der Waals surface area (Å²) < 4.78 is 5.30. The van der Waals surface area contributed by atoms with Gasteiger partial charge in [-0.05, 0) is 29.7 Å². The number of carbonyl (C=O) groups excluding carboxylic acids is 1. The van der Waals surface area contributed by atoms with Gasteiger partial charge in [0, 0.05) is 16.5 Å². The summed E-state index contributed by atoms with van der Waals surface area (Å²) in [6.07, 6.45) is -0.0304. The molecule has 3 rings (SSSR count). The smallest absolute Gasteiger partial charge is 0.410 e. The average Bonchev–Trinajstić information content (AvgIpc) is 2.66. The maximum Gasteiger partial charge on any atom is 0.410 e. The minimum absolute atomic E-state index is 0.0256. The summed E-state index contributed by atoms with van der Waals surface area (Å²) in [7, 11) is 0. The zero-order valence-electron chi connectivity index (χ0n) is 14.1. The standard InChI is InChI=1S/C19H19ClN2O4/c20-16-8-4-7-15(11-16)17-9-10-21(12-18(17)22(24)25)19(23)26-13-14-5-2-1-3-6-14/h1-8,11,17-18H,9-10,12-13H2/t17-,18+/m0/s1. The SMILES string of the molecule is O=C(OCc1ccccc1)N1CC[C@@H](c2cccc(Cl)c2)[C@H]([N+](=O)[O-])C1. The first-order chi connectivity index (χ1) is 12.5. The summed E-state index contributed by atoms with van der Waals surface area (Å²) in [5, 5.41) is 12.1. The average molecular weight is 375 g/mol. The summed E-state index contributed by atoms with van der Waals surface area (Å²) in [4.78, 5) is 25.0. The maximum absolute atomic E-state index is 12.3. The summed E-state index contributed by atoms with van der Waals surface area (Å²) in [5.74, 6) is -0.276. The van der Waals surface area contributed by atoms with Crippen molar-refractivity contribution in [1.82, 2.24) is 4.90 Å². The van der Waals surface area contributed by atoms with Gasteiger partial charge in [0.1, 0.15) is 6.61 Å². The first kappa shape index (κ1) is 18.2. The van der Waals surface area contributed by atoms with E-state index in [4.69, 9.17) is 16.3 Å². The predicted molar refractivity (Wildman–Crippen MR) is 97.8 cm³/mol. The number of hydrogen-bond acceptors (Lipinski definition) is 4. The molecule has 136 valence electrons. The van der Waals surface area contributed by atoms with E-state index >= 15 is 0 Å². The molecule has 1 aliphatic rings. The minimum Gasteiger partial charge on any atom is -0.445 e. The van der Waals surface area contributed by atoms with Crippen LogP contribution >= 0.6 is 11.6 Å². The number of rotatable bonds is 4. The van der Waals surface area contributed by atoms with Crippen LogP contribution in [0.2, 0.25) is 5.02 Å². The molecule has 0 aromatic heterocycles. The molecule has 0 N–H and O–H groups in total. The van der Waals surface area contributed by atoms with E-state index in [1.807, 2.05) is 36.4 Å². The molecular formula is C19H19ClN2O4. The molecule has 1 amide bonds. The van der Waals surface area contributed by atoms with Crippen molar-refractivity contribution < 1.29 is 14.5 Å². The van der Waals surface area contributed by atoms with E-state index in [9.17, 15) is 14.9 Å². The lowest BCUT2D eigenvalue weighted by atomic mass is 9.86. The van der Waals surface area contributed by atoms with E-state index in [1.54, 1.807) is 18.2 Å². The second-order valence-corrected chi connectivity index (χ2v) is 6.73. The molecule has 0 unspecified atom stereocenters. The fraction of sp³-hybridized carbons (Fsp3) is 0.316. The first-order valence-electron chi connectivity index (χ1n) is 8.39. The molecule has 1 aliphatic heterocycles. The van der Waals surface area contributed by atoms with Crippen molar-refractivity contribution in [2.75, 3.05) is 13.1 Å². The molecule has 1 saturated heterocycles. The van der Waals surface area contributed by atoms with E-state index < -0.39 is 12.1 Å². The van der Waals surface area contributed by atoms with Gasteiger partial charge in [0.2, 0.25) is 6.04 Å². The van der Waals surface area contributed by atoms with Crippen LogP contribution in [0.15, 0.2) is 54.6 Å². The van der Waals surface area contributed by atoms with Crippen LogP contribution in [0.25, 0.3) is 0 Å². The van der Waals surface area contributed by atoms with Gasteiger partial charge in [-0.1, -0.05) is 54.1 Å². The van der Waals surface area contributed by atoms with Crippen molar-refractivity contribution in [3.63, 3.8) is 0 Å². The molecule has 0 bridgehead atoms. The van der Waals surface area contributed by atoms with Crippen molar-refractivity contribution in [1.29, 1.82) is 0 Å². The molecular weight excluding hydrogens is 356 g/mol.